The summed E-state index contributed by atoms with van der Waals surface area (Å²) in [6, 6.07) is 2.32. The van der Waals surface area contributed by atoms with E-state index in [1.165, 1.54) is 18.6 Å². The van der Waals surface area contributed by atoms with Gasteiger partial charge in [0.05, 0.1) is 12.1 Å². The molecule has 13 heavy (non-hydrogen) atoms. The van der Waals surface area contributed by atoms with E-state index in [1.807, 2.05) is 18.7 Å². The van der Waals surface area contributed by atoms with Gasteiger partial charge in [-0.1, -0.05) is 20.3 Å². The zero-order valence-electron chi connectivity index (χ0n) is 8.68. The minimum absolute atomic E-state index is 0.0547. The number of nitriles is 1. The minimum Gasteiger partial charge on any atom is -0.302 e. The van der Waals surface area contributed by atoms with E-state index in [4.69, 9.17) is 5.26 Å². The first-order chi connectivity index (χ1) is 6.35. The molecule has 0 fully saturated rings. The van der Waals surface area contributed by atoms with Crippen LogP contribution in [0.3, 0.4) is 0 Å². The number of unbranched alkanes of at least 4 members (excludes halogenated alkanes) is 1. The molecule has 3 heteroatoms. The SMILES string of the molecule is CCCCSCCC(C#N)NCC. The van der Waals surface area contributed by atoms with E-state index in [0.29, 0.717) is 0 Å². The van der Waals surface area contributed by atoms with Crippen LogP contribution < -0.4 is 5.32 Å². The van der Waals surface area contributed by atoms with Crippen molar-refractivity contribution in [1.29, 1.82) is 5.26 Å². The van der Waals surface area contributed by atoms with Gasteiger partial charge in [-0.2, -0.15) is 17.0 Å². The molecule has 0 radical (unpaired) electrons. The molecule has 0 spiro atoms. The van der Waals surface area contributed by atoms with Crippen molar-refractivity contribution >= 4 is 11.8 Å². The van der Waals surface area contributed by atoms with Crippen LogP contribution in [0, 0.1) is 11.3 Å². The molecule has 1 atom stereocenters. The zero-order chi connectivity index (χ0) is 9.94. The molecule has 0 aromatic carbocycles. The molecule has 0 saturated carbocycles. The van der Waals surface area contributed by atoms with Gasteiger partial charge in [0.15, 0.2) is 0 Å². The van der Waals surface area contributed by atoms with Crippen LogP contribution in [0.15, 0.2) is 0 Å². The molecule has 1 N–H and O–H groups in total. The van der Waals surface area contributed by atoms with Gasteiger partial charge in [0, 0.05) is 0 Å². The Morgan fingerprint density at radius 2 is 2.15 bits per heavy atom. The Labute approximate surface area is 86.1 Å². The summed E-state index contributed by atoms with van der Waals surface area (Å²) >= 11 is 1.96. The second-order valence-electron chi connectivity index (χ2n) is 2.99. The van der Waals surface area contributed by atoms with Crippen LogP contribution in [-0.2, 0) is 0 Å². The van der Waals surface area contributed by atoms with E-state index in [1.54, 1.807) is 0 Å². The summed E-state index contributed by atoms with van der Waals surface area (Å²) in [5.74, 6) is 2.34. The number of hydrogen-bond donors (Lipinski definition) is 1. The fraction of sp³-hybridized carbons (Fsp3) is 0.900. The van der Waals surface area contributed by atoms with E-state index < -0.39 is 0 Å². The third-order valence-corrected chi connectivity index (χ3v) is 2.90. The fourth-order valence-corrected chi connectivity index (χ4v) is 2.11. The topological polar surface area (TPSA) is 35.8 Å². The Kier molecular flexibility index (Phi) is 9.73. The summed E-state index contributed by atoms with van der Waals surface area (Å²) in [5, 5.41) is 11.9. The monoisotopic (exact) mass is 200 g/mol. The third kappa shape index (κ3) is 8.14. The van der Waals surface area contributed by atoms with E-state index in [-0.39, 0.29) is 6.04 Å². The molecule has 1 unspecified atom stereocenters. The van der Waals surface area contributed by atoms with Gasteiger partial charge < -0.3 is 5.32 Å². The molecule has 0 amide bonds. The van der Waals surface area contributed by atoms with Crippen molar-refractivity contribution in [2.24, 2.45) is 0 Å². The quantitative estimate of drug-likeness (QED) is 0.611. The van der Waals surface area contributed by atoms with Gasteiger partial charge in [0.1, 0.15) is 0 Å². The molecular weight excluding hydrogens is 180 g/mol. The Balaban J connectivity index is 3.24. The fourth-order valence-electron chi connectivity index (χ4n) is 1.01. The first kappa shape index (κ1) is 12.8. The lowest BCUT2D eigenvalue weighted by Gasteiger charge is -2.08. The van der Waals surface area contributed by atoms with Gasteiger partial charge in [0.25, 0.3) is 0 Å². The van der Waals surface area contributed by atoms with E-state index >= 15 is 0 Å². The van der Waals surface area contributed by atoms with Crippen LogP contribution in [0.4, 0.5) is 0 Å². The summed E-state index contributed by atoms with van der Waals surface area (Å²) in [5.41, 5.74) is 0. The van der Waals surface area contributed by atoms with Gasteiger partial charge in [-0.05, 0) is 30.9 Å². The van der Waals surface area contributed by atoms with E-state index in [2.05, 4.69) is 18.3 Å². The first-order valence-corrected chi connectivity index (χ1v) is 6.21. The Morgan fingerprint density at radius 3 is 2.69 bits per heavy atom. The van der Waals surface area contributed by atoms with Crippen molar-refractivity contribution in [3.8, 4) is 6.07 Å². The number of nitrogens with zero attached hydrogens (tertiary/aromatic N) is 1. The molecular formula is C10H20N2S. The summed E-state index contributed by atoms with van der Waals surface area (Å²) in [6.07, 6.45) is 3.53. The number of hydrogen-bond acceptors (Lipinski definition) is 3. The normalized spacial score (nSPS) is 12.4. The first-order valence-electron chi connectivity index (χ1n) is 5.05. The molecule has 0 aromatic rings. The van der Waals surface area contributed by atoms with Crippen molar-refractivity contribution in [3.05, 3.63) is 0 Å². The maximum atomic E-state index is 8.74. The summed E-state index contributed by atoms with van der Waals surface area (Å²) in [4.78, 5) is 0. The maximum absolute atomic E-state index is 8.74. The average Bonchev–Trinajstić information content (AvgIpc) is 2.16. The average molecular weight is 200 g/mol. The molecule has 0 aliphatic carbocycles. The van der Waals surface area contributed by atoms with Crippen molar-refractivity contribution in [2.75, 3.05) is 18.1 Å². The van der Waals surface area contributed by atoms with Gasteiger partial charge in [-0.3, -0.25) is 0 Å². The minimum atomic E-state index is 0.0547. The molecule has 0 heterocycles. The third-order valence-electron chi connectivity index (χ3n) is 1.80. The van der Waals surface area contributed by atoms with Crippen LogP contribution in [0.2, 0.25) is 0 Å². The highest BCUT2D eigenvalue weighted by atomic mass is 32.2. The summed E-state index contributed by atoms with van der Waals surface area (Å²) < 4.78 is 0. The standard InChI is InChI=1S/C10H20N2S/c1-3-5-7-13-8-6-10(9-11)12-4-2/h10,12H,3-8H2,1-2H3. The Bertz CT molecular complexity index is 142. The predicted octanol–water partition coefficient (Wildman–Crippen LogP) is 2.41. The molecule has 0 aliphatic rings. The number of thioether (sulfide) groups is 1. The van der Waals surface area contributed by atoms with Crippen molar-refractivity contribution in [1.82, 2.24) is 5.32 Å². The lowest BCUT2D eigenvalue weighted by atomic mass is 10.2. The predicted molar refractivity (Wildman–Crippen MR) is 59.9 cm³/mol. The second-order valence-corrected chi connectivity index (χ2v) is 4.22. The molecule has 2 nitrogen and oxygen atoms in total. The van der Waals surface area contributed by atoms with Gasteiger partial charge in [0.2, 0.25) is 0 Å². The Hall–Kier alpha value is -0.200. The highest BCUT2D eigenvalue weighted by Gasteiger charge is 2.03. The van der Waals surface area contributed by atoms with Gasteiger partial charge in [-0.15, -0.1) is 0 Å². The highest BCUT2D eigenvalue weighted by molar-refractivity contribution is 7.99. The largest absolute Gasteiger partial charge is 0.302 e. The molecule has 0 aromatic heterocycles. The maximum Gasteiger partial charge on any atom is 0.0960 e. The van der Waals surface area contributed by atoms with Crippen LogP contribution >= 0.6 is 11.8 Å². The molecule has 0 aliphatic heterocycles. The molecule has 0 rings (SSSR count). The van der Waals surface area contributed by atoms with Gasteiger partial charge >= 0.3 is 0 Å². The van der Waals surface area contributed by atoms with Crippen molar-refractivity contribution in [2.45, 2.75) is 39.2 Å². The van der Waals surface area contributed by atoms with Crippen LogP contribution in [0.25, 0.3) is 0 Å². The highest BCUT2D eigenvalue weighted by Crippen LogP contribution is 2.07. The van der Waals surface area contributed by atoms with Crippen molar-refractivity contribution < 1.29 is 0 Å². The summed E-state index contributed by atoms with van der Waals surface area (Å²) in [7, 11) is 0. The molecule has 0 saturated heterocycles. The smallest absolute Gasteiger partial charge is 0.0960 e. The summed E-state index contributed by atoms with van der Waals surface area (Å²) in [6.45, 7) is 5.13. The lowest BCUT2D eigenvalue weighted by molar-refractivity contribution is 0.613. The van der Waals surface area contributed by atoms with Crippen molar-refractivity contribution in [3.63, 3.8) is 0 Å². The van der Waals surface area contributed by atoms with E-state index in [0.717, 1.165) is 18.7 Å². The van der Waals surface area contributed by atoms with E-state index in [9.17, 15) is 0 Å². The molecule has 76 valence electrons. The molecule has 0 bridgehead atoms. The van der Waals surface area contributed by atoms with Crippen LogP contribution in [0.1, 0.15) is 33.1 Å². The van der Waals surface area contributed by atoms with Crippen LogP contribution in [-0.4, -0.2) is 24.1 Å². The van der Waals surface area contributed by atoms with Gasteiger partial charge in [-0.25, -0.2) is 0 Å². The second kappa shape index (κ2) is 9.88. The zero-order valence-corrected chi connectivity index (χ0v) is 9.49. The lowest BCUT2D eigenvalue weighted by Crippen LogP contribution is -2.27. The van der Waals surface area contributed by atoms with Crippen LogP contribution in [0.5, 0.6) is 0 Å². The number of rotatable bonds is 8. The number of nitrogens with one attached hydrogen (secondary N) is 1. The Morgan fingerprint density at radius 1 is 1.38 bits per heavy atom.